The molecule has 14 heavy (non-hydrogen) atoms. The third-order valence-corrected chi connectivity index (χ3v) is 1.63. The molecule has 0 N–H and O–H groups in total. The standard InChI is InChI=1S/C10H10FNO2/c1-13-10-6-8(7-12)2-3-9(10)14-5-4-11/h2-3,6H,4-5H2,1H3. The summed E-state index contributed by atoms with van der Waals surface area (Å²) >= 11 is 0. The van der Waals surface area contributed by atoms with Crippen molar-refractivity contribution < 1.29 is 13.9 Å². The lowest BCUT2D eigenvalue weighted by molar-refractivity contribution is 0.260. The molecule has 0 aliphatic heterocycles. The van der Waals surface area contributed by atoms with Gasteiger partial charge in [-0.25, -0.2) is 4.39 Å². The minimum Gasteiger partial charge on any atom is -0.493 e. The summed E-state index contributed by atoms with van der Waals surface area (Å²) in [6.07, 6.45) is 0. The van der Waals surface area contributed by atoms with E-state index in [1.807, 2.05) is 6.07 Å². The van der Waals surface area contributed by atoms with Crippen molar-refractivity contribution in [2.45, 2.75) is 0 Å². The molecular weight excluding hydrogens is 185 g/mol. The molecule has 0 aliphatic rings. The summed E-state index contributed by atoms with van der Waals surface area (Å²) in [6, 6.07) is 6.71. The molecule has 0 saturated heterocycles. The van der Waals surface area contributed by atoms with E-state index in [1.165, 1.54) is 7.11 Å². The lowest BCUT2D eigenvalue weighted by Gasteiger charge is -2.08. The number of alkyl halides is 1. The van der Waals surface area contributed by atoms with Gasteiger partial charge in [0.25, 0.3) is 0 Å². The van der Waals surface area contributed by atoms with E-state index >= 15 is 0 Å². The van der Waals surface area contributed by atoms with Gasteiger partial charge in [0.05, 0.1) is 18.7 Å². The molecule has 1 aromatic carbocycles. The van der Waals surface area contributed by atoms with Crippen molar-refractivity contribution in [2.24, 2.45) is 0 Å². The van der Waals surface area contributed by atoms with Gasteiger partial charge in [0, 0.05) is 6.07 Å². The molecule has 4 heteroatoms. The molecule has 0 spiro atoms. The first-order chi connectivity index (χ1) is 6.81. The van der Waals surface area contributed by atoms with Crippen LogP contribution in [0.15, 0.2) is 18.2 Å². The third kappa shape index (κ3) is 2.36. The van der Waals surface area contributed by atoms with Crippen molar-refractivity contribution in [2.75, 3.05) is 20.4 Å². The summed E-state index contributed by atoms with van der Waals surface area (Å²) < 4.78 is 21.9. The van der Waals surface area contributed by atoms with Crippen LogP contribution >= 0.6 is 0 Å². The fraction of sp³-hybridized carbons (Fsp3) is 0.300. The first-order valence-corrected chi connectivity index (χ1v) is 4.08. The van der Waals surface area contributed by atoms with Crippen molar-refractivity contribution in [3.8, 4) is 17.6 Å². The highest BCUT2D eigenvalue weighted by Crippen LogP contribution is 2.27. The van der Waals surface area contributed by atoms with Crippen LogP contribution in [-0.4, -0.2) is 20.4 Å². The Morgan fingerprint density at radius 3 is 2.79 bits per heavy atom. The molecule has 0 amide bonds. The minimum atomic E-state index is -0.552. The van der Waals surface area contributed by atoms with Gasteiger partial charge < -0.3 is 9.47 Å². The van der Waals surface area contributed by atoms with Crippen LogP contribution in [0.3, 0.4) is 0 Å². The second kappa shape index (κ2) is 5.07. The number of benzene rings is 1. The van der Waals surface area contributed by atoms with Gasteiger partial charge in [-0.2, -0.15) is 5.26 Å². The molecule has 0 atom stereocenters. The van der Waals surface area contributed by atoms with Crippen LogP contribution in [0.2, 0.25) is 0 Å². The number of methoxy groups -OCH3 is 1. The number of hydrogen-bond acceptors (Lipinski definition) is 3. The van der Waals surface area contributed by atoms with Gasteiger partial charge in [-0.1, -0.05) is 0 Å². The summed E-state index contributed by atoms with van der Waals surface area (Å²) in [5.41, 5.74) is 0.481. The molecule has 0 unspecified atom stereocenters. The predicted octanol–water partition coefficient (Wildman–Crippen LogP) is 1.92. The summed E-state index contributed by atoms with van der Waals surface area (Å²) in [7, 11) is 1.47. The Kier molecular flexibility index (Phi) is 3.74. The quantitative estimate of drug-likeness (QED) is 0.737. The van der Waals surface area contributed by atoms with E-state index < -0.39 is 6.67 Å². The van der Waals surface area contributed by atoms with Gasteiger partial charge in [-0.15, -0.1) is 0 Å². The molecule has 0 aliphatic carbocycles. The molecule has 3 nitrogen and oxygen atoms in total. The molecule has 74 valence electrons. The maximum absolute atomic E-state index is 11.8. The maximum atomic E-state index is 11.8. The van der Waals surface area contributed by atoms with Gasteiger partial charge in [-0.3, -0.25) is 0 Å². The van der Waals surface area contributed by atoms with Crippen molar-refractivity contribution in [3.05, 3.63) is 23.8 Å². The average molecular weight is 195 g/mol. The molecule has 1 aromatic rings. The number of halogens is 1. The summed E-state index contributed by atoms with van der Waals surface area (Å²) in [5, 5.41) is 8.62. The molecule has 0 heterocycles. The fourth-order valence-electron chi connectivity index (χ4n) is 1.00. The van der Waals surface area contributed by atoms with Crippen LogP contribution < -0.4 is 9.47 Å². The lowest BCUT2D eigenvalue weighted by Crippen LogP contribution is -2.00. The highest BCUT2D eigenvalue weighted by Gasteiger charge is 2.04. The van der Waals surface area contributed by atoms with Crippen molar-refractivity contribution in [3.63, 3.8) is 0 Å². The van der Waals surface area contributed by atoms with E-state index in [9.17, 15) is 4.39 Å². The van der Waals surface area contributed by atoms with E-state index in [2.05, 4.69) is 0 Å². The highest BCUT2D eigenvalue weighted by molar-refractivity contribution is 5.46. The zero-order chi connectivity index (χ0) is 10.4. The van der Waals surface area contributed by atoms with Crippen LogP contribution in [0.1, 0.15) is 5.56 Å². The van der Waals surface area contributed by atoms with Gasteiger partial charge >= 0.3 is 0 Å². The molecule has 0 aromatic heterocycles. The Balaban J connectivity index is 2.89. The summed E-state index contributed by atoms with van der Waals surface area (Å²) in [5.74, 6) is 0.890. The van der Waals surface area contributed by atoms with E-state index in [-0.39, 0.29) is 6.61 Å². The second-order valence-corrected chi connectivity index (χ2v) is 2.51. The van der Waals surface area contributed by atoms with Crippen molar-refractivity contribution in [1.29, 1.82) is 5.26 Å². The van der Waals surface area contributed by atoms with Crippen LogP contribution in [0, 0.1) is 11.3 Å². The maximum Gasteiger partial charge on any atom is 0.162 e. The Hall–Kier alpha value is -1.76. The van der Waals surface area contributed by atoms with Gasteiger partial charge in [0.15, 0.2) is 11.5 Å². The van der Waals surface area contributed by atoms with Crippen LogP contribution in [0.25, 0.3) is 0 Å². The number of hydrogen-bond donors (Lipinski definition) is 0. The van der Waals surface area contributed by atoms with E-state index in [1.54, 1.807) is 18.2 Å². The molecule has 0 bridgehead atoms. The van der Waals surface area contributed by atoms with Gasteiger partial charge in [0.2, 0.25) is 0 Å². The number of ether oxygens (including phenoxy) is 2. The monoisotopic (exact) mass is 195 g/mol. The fourth-order valence-corrected chi connectivity index (χ4v) is 1.00. The molecule has 0 fully saturated rings. The van der Waals surface area contributed by atoms with E-state index in [0.29, 0.717) is 17.1 Å². The van der Waals surface area contributed by atoms with Crippen LogP contribution in [-0.2, 0) is 0 Å². The predicted molar refractivity (Wildman–Crippen MR) is 49.2 cm³/mol. The minimum absolute atomic E-state index is 0.0116. The van der Waals surface area contributed by atoms with Crippen molar-refractivity contribution >= 4 is 0 Å². The smallest absolute Gasteiger partial charge is 0.162 e. The molecule has 1 rings (SSSR count). The molecular formula is C10H10FNO2. The Labute approximate surface area is 81.7 Å². The van der Waals surface area contributed by atoms with Crippen molar-refractivity contribution in [1.82, 2.24) is 0 Å². The van der Waals surface area contributed by atoms with Crippen LogP contribution in [0.4, 0.5) is 4.39 Å². The topological polar surface area (TPSA) is 42.2 Å². The lowest BCUT2D eigenvalue weighted by atomic mass is 10.2. The average Bonchev–Trinajstić information content (AvgIpc) is 2.26. The normalized spacial score (nSPS) is 9.21. The molecule has 0 saturated carbocycles. The number of nitrogens with zero attached hydrogens (tertiary/aromatic N) is 1. The third-order valence-electron chi connectivity index (χ3n) is 1.63. The zero-order valence-corrected chi connectivity index (χ0v) is 7.79. The second-order valence-electron chi connectivity index (χ2n) is 2.51. The van der Waals surface area contributed by atoms with E-state index in [4.69, 9.17) is 14.7 Å². The highest BCUT2D eigenvalue weighted by atomic mass is 19.1. The Bertz CT molecular complexity index is 346. The summed E-state index contributed by atoms with van der Waals surface area (Å²) in [6.45, 7) is -0.564. The van der Waals surface area contributed by atoms with Gasteiger partial charge in [0.1, 0.15) is 13.3 Å². The number of rotatable bonds is 4. The van der Waals surface area contributed by atoms with E-state index in [0.717, 1.165) is 0 Å². The SMILES string of the molecule is COc1cc(C#N)ccc1OCCF. The van der Waals surface area contributed by atoms with Crippen LogP contribution in [0.5, 0.6) is 11.5 Å². The van der Waals surface area contributed by atoms with Gasteiger partial charge in [-0.05, 0) is 12.1 Å². The largest absolute Gasteiger partial charge is 0.493 e. The number of nitriles is 1. The Morgan fingerprint density at radius 1 is 1.43 bits per heavy atom. The molecule has 0 radical (unpaired) electrons. The zero-order valence-electron chi connectivity index (χ0n) is 7.79. The first-order valence-electron chi connectivity index (χ1n) is 4.08. The Morgan fingerprint density at radius 2 is 2.21 bits per heavy atom. The summed E-state index contributed by atoms with van der Waals surface area (Å²) in [4.78, 5) is 0. The first kappa shape index (κ1) is 10.3.